The van der Waals surface area contributed by atoms with Gasteiger partial charge in [-0.05, 0) is 42.8 Å². The van der Waals surface area contributed by atoms with Crippen molar-refractivity contribution in [2.24, 2.45) is 0 Å². The highest BCUT2D eigenvalue weighted by Crippen LogP contribution is 2.29. The number of halogens is 2. The van der Waals surface area contributed by atoms with Crippen LogP contribution in [0.1, 0.15) is 13.3 Å². The Kier molecular flexibility index (Phi) is 6.56. The van der Waals surface area contributed by atoms with Gasteiger partial charge in [0.25, 0.3) is 0 Å². The summed E-state index contributed by atoms with van der Waals surface area (Å²) in [5.74, 6) is 0.608. The number of nitrogens with one attached hydrogen (secondary N) is 2. The molecule has 0 aliphatic heterocycles. The fourth-order valence-electron chi connectivity index (χ4n) is 1.88. The summed E-state index contributed by atoms with van der Waals surface area (Å²) in [5, 5.41) is 6.60. The van der Waals surface area contributed by atoms with E-state index in [1.807, 2.05) is 19.1 Å². The number of ether oxygens (including phenoxy) is 1. The predicted octanol–water partition coefficient (Wildman–Crippen LogP) is 4.83. The number of anilines is 2. The number of carbonyl (C=O) groups excluding carboxylic acids is 1. The van der Waals surface area contributed by atoms with Crippen molar-refractivity contribution in [2.75, 3.05) is 23.8 Å². The summed E-state index contributed by atoms with van der Waals surface area (Å²) in [7, 11) is 0. The van der Waals surface area contributed by atoms with Crippen LogP contribution in [0.3, 0.4) is 0 Å². The van der Waals surface area contributed by atoms with Crippen molar-refractivity contribution in [1.29, 1.82) is 0 Å². The Morgan fingerprint density at radius 3 is 2.57 bits per heavy atom. The van der Waals surface area contributed by atoms with Crippen molar-refractivity contribution >= 4 is 40.5 Å². The van der Waals surface area contributed by atoms with Crippen LogP contribution in [0.2, 0.25) is 10.0 Å². The topological polar surface area (TPSA) is 50.4 Å². The van der Waals surface area contributed by atoms with Gasteiger partial charge in [0.2, 0.25) is 5.91 Å². The third kappa shape index (κ3) is 5.34. The minimum absolute atomic E-state index is 0.0914. The van der Waals surface area contributed by atoms with Gasteiger partial charge in [0, 0.05) is 5.69 Å². The molecule has 0 aliphatic rings. The van der Waals surface area contributed by atoms with Crippen molar-refractivity contribution in [3.63, 3.8) is 0 Å². The van der Waals surface area contributed by atoms with E-state index in [1.165, 1.54) is 0 Å². The molecular weight excluding hydrogens is 335 g/mol. The van der Waals surface area contributed by atoms with E-state index in [2.05, 4.69) is 10.6 Å². The number of carbonyl (C=O) groups is 1. The molecule has 0 unspecified atom stereocenters. The summed E-state index contributed by atoms with van der Waals surface area (Å²) >= 11 is 12.0. The van der Waals surface area contributed by atoms with Crippen LogP contribution < -0.4 is 15.4 Å². The standard InChI is InChI=1S/C17H18Cl2N2O2/c1-2-10-23-13-8-6-12(7-9-13)21-16(22)11-20-15-5-3-4-14(18)17(15)19/h3-9,20H,2,10-11H2,1H3,(H,21,22). The summed E-state index contributed by atoms with van der Waals surface area (Å²) < 4.78 is 5.49. The summed E-state index contributed by atoms with van der Waals surface area (Å²) in [6.07, 6.45) is 0.955. The Bertz CT molecular complexity index is 660. The van der Waals surface area contributed by atoms with Crippen LogP contribution in [0, 0.1) is 0 Å². The van der Waals surface area contributed by atoms with Crippen molar-refractivity contribution in [3.05, 3.63) is 52.5 Å². The maximum atomic E-state index is 12.0. The molecule has 0 atom stereocenters. The lowest BCUT2D eigenvalue weighted by Crippen LogP contribution is -2.21. The maximum absolute atomic E-state index is 12.0. The van der Waals surface area contributed by atoms with E-state index in [-0.39, 0.29) is 12.5 Å². The van der Waals surface area contributed by atoms with Gasteiger partial charge in [-0.1, -0.05) is 36.2 Å². The molecule has 0 saturated carbocycles. The van der Waals surface area contributed by atoms with E-state index < -0.39 is 0 Å². The second-order valence-electron chi connectivity index (χ2n) is 4.88. The molecule has 0 heterocycles. The lowest BCUT2D eigenvalue weighted by atomic mass is 10.3. The predicted molar refractivity (Wildman–Crippen MR) is 95.8 cm³/mol. The van der Waals surface area contributed by atoms with Crippen LogP contribution in [-0.4, -0.2) is 19.1 Å². The fourth-order valence-corrected chi connectivity index (χ4v) is 2.24. The molecule has 2 aromatic carbocycles. The van der Waals surface area contributed by atoms with Crippen LogP contribution in [-0.2, 0) is 4.79 Å². The first-order valence-electron chi connectivity index (χ1n) is 7.30. The maximum Gasteiger partial charge on any atom is 0.243 e. The van der Waals surface area contributed by atoms with Crippen LogP contribution in [0.15, 0.2) is 42.5 Å². The van der Waals surface area contributed by atoms with Gasteiger partial charge in [0.05, 0.1) is 28.9 Å². The second-order valence-corrected chi connectivity index (χ2v) is 5.66. The molecule has 0 aromatic heterocycles. The monoisotopic (exact) mass is 352 g/mol. The molecule has 4 nitrogen and oxygen atoms in total. The Balaban J connectivity index is 1.86. The zero-order chi connectivity index (χ0) is 16.7. The molecule has 6 heteroatoms. The van der Waals surface area contributed by atoms with Gasteiger partial charge in [-0.25, -0.2) is 0 Å². The molecule has 2 N–H and O–H groups in total. The Hall–Kier alpha value is -1.91. The SMILES string of the molecule is CCCOc1ccc(NC(=O)CNc2cccc(Cl)c2Cl)cc1. The first-order chi connectivity index (χ1) is 11.1. The van der Waals surface area contributed by atoms with Gasteiger partial charge in [-0.3, -0.25) is 4.79 Å². The van der Waals surface area contributed by atoms with Crippen LogP contribution in [0.25, 0.3) is 0 Å². The Morgan fingerprint density at radius 2 is 1.87 bits per heavy atom. The van der Waals surface area contributed by atoms with Gasteiger partial charge in [-0.2, -0.15) is 0 Å². The normalized spacial score (nSPS) is 10.2. The molecular formula is C17H18Cl2N2O2. The van der Waals surface area contributed by atoms with E-state index in [1.54, 1.807) is 30.3 Å². The third-order valence-electron chi connectivity index (χ3n) is 3.00. The average Bonchev–Trinajstić information content (AvgIpc) is 2.55. The number of amides is 1. The first-order valence-corrected chi connectivity index (χ1v) is 8.06. The molecule has 0 radical (unpaired) electrons. The molecule has 23 heavy (non-hydrogen) atoms. The summed E-state index contributed by atoms with van der Waals surface area (Å²) in [6, 6.07) is 12.5. The zero-order valence-corrected chi connectivity index (χ0v) is 14.2. The minimum Gasteiger partial charge on any atom is -0.494 e. The van der Waals surface area contributed by atoms with Crippen molar-refractivity contribution < 1.29 is 9.53 Å². The number of benzene rings is 2. The first kappa shape index (κ1) is 17.4. The van der Waals surface area contributed by atoms with Crippen LogP contribution in [0.4, 0.5) is 11.4 Å². The largest absolute Gasteiger partial charge is 0.494 e. The lowest BCUT2D eigenvalue weighted by Gasteiger charge is -2.10. The molecule has 0 saturated heterocycles. The van der Waals surface area contributed by atoms with Crippen molar-refractivity contribution in [2.45, 2.75) is 13.3 Å². The fraction of sp³-hybridized carbons (Fsp3) is 0.235. The van der Waals surface area contributed by atoms with Crippen molar-refractivity contribution in [1.82, 2.24) is 0 Å². The highest BCUT2D eigenvalue weighted by atomic mass is 35.5. The molecule has 122 valence electrons. The summed E-state index contributed by atoms with van der Waals surface area (Å²) in [6.45, 7) is 2.82. The van der Waals surface area contributed by atoms with Crippen LogP contribution in [0.5, 0.6) is 5.75 Å². The lowest BCUT2D eigenvalue weighted by molar-refractivity contribution is -0.114. The summed E-state index contributed by atoms with van der Waals surface area (Å²) in [5.41, 5.74) is 1.33. The third-order valence-corrected chi connectivity index (χ3v) is 3.82. The minimum atomic E-state index is -0.178. The van der Waals surface area contributed by atoms with Gasteiger partial charge in [0.1, 0.15) is 5.75 Å². The smallest absolute Gasteiger partial charge is 0.243 e. The van der Waals surface area contributed by atoms with Gasteiger partial charge in [-0.15, -0.1) is 0 Å². The highest BCUT2D eigenvalue weighted by molar-refractivity contribution is 6.43. The van der Waals surface area contributed by atoms with Crippen LogP contribution >= 0.6 is 23.2 Å². The molecule has 0 bridgehead atoms. The van der Waals surface area contributed by atoms with Crippen molar-refractivity contribution in [3.8, 4) is 5.75 Å². The number of hydrogen-bond donors (Lipinski definition) is 2. The van der Waals surface area contributed by atoms with E-state index in [9.17, 15) is 4.79 Å². The van der Waals surface area contributed by atoms with Gasteiger partial charge >= 0.3 is 0 Å². The van der Waals surface area contributed by atoms with Gasteiger partial charge in [0.15, 0.2) is 0 Å². The van der Waals surface area contributed by atoms with Gasteiger partial charge < -0.3 is 15.4 Å². The molecule has 2 aromatic rings. The van der Waals surface area contributed by atoms with E-state index >= 15 is 0 Å². The Labute approximate surface area is 145 Å². The molecule has 0 spiro atoms. The Morgan fingerprint density at radius 1 is 1.13 bits per heavy atom. The number of rotatable bonds is 7. The highest BCUT2D eigenvalue weighted by Gasteiger charge is 2.07. The average molecular weight is 353 g/mol. The molecule has 0 aliphatic carbocycles. The van der Waals surface area contributed by atoms with E-state index in [4.69, 9.17) is 27.9 Å². The van der Waals surface area contributed by atoms with E-state index in [0.717, 1.165) is 12.2 Å². The summed E-state index contributed by atoms with van der Waals surface area (Å²) in [4.78, 5) is 12.0. The molecule has 2 rings (SSSR count). The number of hydrogen-bond acceptors (Lipinski definition) is 3. The second kappa shape index (κ2) is 8.65. The van der Waals surface area contributed by atoms with E-state index in [0.29, 0.717) is 28.0 Å². The zero-order valence-electron chi connectivity index (χ0n) is 12.7. The molecule has 0 fully saturated rings. The quantitative estimate of drug-likeness (QED) is 0.749. The molecule has 1 amide bonds.